The first-order valence-electron chi connectivity index (χ1n) is 49.8. The molecular weight excluding hydrogens is 1950 g/mol. The van der Waals surface area contributed by atoms with E-state index < -0.39 is 290 Å². The molecule has 8 rings (SSSR count). The van der Waals surface area contributed by atoms with Crippen LogP contribution in [-0.4, -0.2) is 283 Å². The van der Waals surface area contributed by atoms with Crippen LogP contribution in [0.15, 0.2) is 134 Å². The van der Waals surface area contributed by atoms with Crippen LogP contribution in [0.5, 0.6) is 5.75 Å². The Morgan fingerprint density at radius 1 is 0.483 bits per heavy atom. The number of aliphatic carboxylic acids is 3. The molecule has 16 atom stereocenters. The zero-order valence-corrected chi connectivity index (χ0v) is 85.9. The number of carbonyl (C=O) groups excluding carboxylic acids is 16. The number of likely N-dealkylation sites (N-methyl/N-ethyl adjacent to an activating group) is 1. The van der Waals surface area contributed by atoms with Crippen molar-refractivity contribution in [3.05, 3.63) is 161 Å². The third-order valence-electron chi connectivity index (χ3n) is 25.8. The van der Waals surface area contributed by atoms with Crippen molar-refractivity contribution in [3.63, 3.8) is 0 Å². The number of carboxylic acids is 4. The van der Waals surface area contributed by atoms with Gasteiger partial charge in [0.2, 0.25) is 94.5 Å². The molecule has 45 heteroatoms. The Labute approximate surface area is 866 Å². The van der Waals surface area contributed by atoms with Crippen molar-refractivity contribution in [3.8, 4) is 16.9 Å². The van der Waals surface area contributed by atoms with Crippen LogP contribution in [-0.2, 0) is 117 Å². The summed E-state index contributed by atoms with van der Waals surface area (Å²) in [6.07, 6.45) is 0.450. The van der Waals surface area contributed by atoms with Crippen LogP contribution in [0.1, 0.15) is 178 Å². The van der Waals surface area contributed by atoms with E-state index in [0.717, 1.165) is 47.4 Å². The number of ether oxygens (including phenoxy) is 1. The molecule has 1 unspecified atom stereocenters. The number of carbonyl (C=O) groups is 20. The number of carboxylic acid groups (broad SMARTS) is 4. The average molecular weight is 2090 g/mol. The number of aromatic amines is 1. The van der Waals surface area contributed by atoms with Gasteiger partial charge in [-0.05, 0) is 139 Å². The van der Waals surface area contributed by atoms with Gasteiger partial charge in [-0.3, -0.25) is 86.3 Å². The summed E-state index contributed by atoms with van der Waals surface area (Å²) in [5, 5.41) is 87.3. The van der Waals surface area contributed by atoms with Crippen molar-refractivity contribution < 1.29 is 126 Å². The summed E-state index contributed by atoms with van der Waals surface area (Å²) < 4.78 is 5.32. The summed E-state index contributed by atoms with van der Waals surface area (Å²) in [4.78, 5) is 293. The predicted molar refractivity (Wildman–Crippen MR) is 548 cm³/mol. The van der Waals surface area contributed by atoms with E-state index in [1.165, 1.54) is 70.4 Å². The number of hydrogen-bond donors (Lipinski definition) is 22. The summed E-state index contributed by atoms with van der Waals surface area (Å²) in [6, 6.07) is 8.17. The summed E-state index contributed by atoms with van der Waals surface area (Å²) in [7, 11) is 1.31. The van der Waals surface area contributed by atoms with E-state index in [9.17, 15) is 83.1 Å². The Morgan fingerprint density at radius 3 is 1.47 bits per heavy atom. The van der Waals surface area contributed by atoms with E-state index in [1.807, 2.05) is 30.3 Å². The monoisotopic (exact) mass is 2090 g/mol. The molecule has 2 heterocycles. The minimum absolute atomic E-state index is 0.00190. The zero-order valence-electron chi connectivity index (χ0n) is 85.1. The van der Waals surface area contributed by atoms with Crippen LogP contribution in [0.3, 0.4) is 0 Å². The number of nitrogens with zero attached hydrogens (tertiary/aromatic N) is 1. The normalized spacial score (nSPS) is 23.1. The molecule has 1 aromatic heterocycles. The van der Waals surface area contributed by atoms with Crippen LogP contribution >= 0.6 is 11.8 Å². The predicted octanol–water partition coefficient (Wildman–Crippen LogP) is 1.58. The number of benzene rings is 5. The topological polar surface area (TPSA) is 691 Å². The maximum atomic E-state index is 15.6. The molecule has 1 saturated heterocycles. The number of aromatic nitrogens is 1. The van der Waals surface area contributed by atoms with Gasteiger partial charge in [0.25, 0.3) is 0 Å². The van der Waals surface area contributed by atoms with Gasteiger partial charge in [0.05, 0.1) is 24.3 Å². The lowest BCUT2D eigenvalue weighted by Gasteiger charge is -2.33. The average Bonchev–Trinajstić information content (AvgIpc) is 1.69. The van der Waals surface area contributed by atoms with E-state index in [-0.39, 0.29) is 79.3 Å². The molecule has 0 radical (unpaired) electrons. The highest BCUT2D eigenvalue weighted by Gasteiger charge is 2.43. The van der Waals surface area contributed by atoms with Gasteiger partial charge < -0.3 is 126 Å². The Balaban J connectivity index is 1.25. The largest absolute Gasteiger partial charge is 0.482 e. The molecule has 16 amide bonds. The second kappa shape index (κ2) is 58.6. The molecule has 44 nitrogen and oxygen atoms in total. The van der Waals surface area contributed by atoms with Crippen molar-refractivity contribution in [2.24, 2.45) is 41.1 Å². The van der Waals surface area contributed by atoms with Crippen LogP contribution in [0.4, 0.5) is 0 Å². The fraction of sp³-hybridized carbons (Fsp3) is 0.500. The highest BCUT2D eigenvalue weighted by molar-refractivity contribution is 8.00. The van der Waals surface area contributed by atoms with E-state index in [2.05, 4.69) is 79.4 Å². The standard InChI is InChI=1S/C104H140N18O26S/c1-11-58(8)88-103(145)122(10)59(9)90(132)111-73(42-55(2)3)93(135)109-72(40-41-105)92(134)113-77(44-60-20-14-12-15-21-60)99(141)120-87(57(6)7)102(144)110-71(38-39-84(125)126)91(133)119-82(101(143)118-81(51-123)89(106)131)53-149-54-83(124)108-75(45-63-30-36-68(37-31-63)148-52-86(129)130)95(137)114-76(46-62-28-34-66(35-29-62)104(146)147)96(138)117-80(49-85(127)128)98(140)116-79(48-67-50-107-70-25-19-18-24-69(67)70)97(139)112-74(43-56(4)5)94(136)115-78(100(142)121-88)47-61-26-32-65(33-27-61)64-22-16-13-17-23-64/h13,16-19,22-37,50,55-60,71-82,87-88,107,123H,11-12,14-15,20-21,38-49,51-54,105H2,1-10H3,(H2,106,131)(H,108,124)(H,109,135)(H,110,144)(H,111,132)(H,112,139)(H,113,134)(H,114,137)(H,115,136)(H,116,140)(H,117,138)(H,118,143)(H,119,133)(H,120,141)(H,121,142)(H,125,126)(H,127,128)(H,129,130)(H,146,147)/t58?,59-,71-,72-,73+,74-,75-,76-,77-,78-,79-,80-,81-,82-,87-,88-/m0/s1. The van der Waals surface area contributed by atoms with Gasteiger partial charge in [0.15, 0.2) is 6.61 Å². The Hall–Kier alpha value is -14.9. The first-order valence-corrected chi connectivity index (χ1v) is 51.0. The SMILES string of the molecule is CCC(C)[C@@H]1NC(=O)[C@H](Cc2ccc(-c3ccccc3)cc2)NC(=O)[C@H](CC(C)C)NC(=O)[C@H](Cc2c[nH]c3ccccc23)NC(=O)[C@H](CC(=O)O)NC(=O)[C@H](Cc2ccc(C(=O)O)cc2)NC(=O)[C@H](Cc2ccc(OCC(=O)O)cc2)NC(=O)CSC[C@@H](C(=O)N[C@@H](CO)C(N)=O)NC(=O)[C@H](CCC(=O)O)NC(=O)[C@H](C(C)C)NC(=O)[C@H](CC2CCCCC2)NC(=O)[C@H](CCN)NC(=O)[C@@H](CC(C)C)NC(=O)[C@H](C)N(C)C1=O. The highest BCUT2D eigenvalue weighted by atomic mass is 32.2. The zero-order chi connectivity index (χ0) is 110. The molecule has 6 aromatic rings. The van der Waals surface area contributed by atoms with Gasteiger partial charge >= 0.3 is 23.9 Å². The highest BCUT2D eigenvalue weighted by Crippen LogP contribution is 2.30. The molecule has 0 bridgehead atoms. The number of amides is 16. The first-order chi connectivity index (χ1) is 70.7. The second-order valence-corrected chi connectivity index (χ2v) is 39.8. The molecule has 24 N–H and O–H groups in total. The second-order valence-electron chi connectivity index (χ2n) is 38.8. The summed E-state index contributed by atoms with van der Waals surface area (Å²) in [6.45, 7) is 12.7. The van der Waals surface area contributed by atoms with E-state index in [4.69, 9.17) is 16.2 Å². The number of fused-ring (bicyclic) bond motifs is 1. The van der Waals surface area contributed by atoms with Crippen molar-refractivity contribution in [2.45, 2.75) is 262 Å². The summed E-state index contributed by atoms with van der Waals surface area (Å²) in [5.41, 5.74) is 14.9. The number of primary amides is 1. The van der Waals surface area contributed by atoms with E-state index >= 15 is 38.4 Å². The number of hydrogen-bond acceptors (Lipinski definition) is 24. The lowest BCUT2D eigenvalue weighted by atomic mass is 9.84. The van der Waals surface area contributed by atoms with Gasteiger partial charge in [-0.25, -0.2) is 9.59 Å². The van der Waals surface area contributed by atoms with E-state index in [0.29, 0.717) is 46.6 Å². The minimum atomic E-state index is -2.18. The molecular formula is C104H140N18O26S. The quantitative estimate of drug-likeness (QED) is 0.0278. The van der Waals surface area contributed by atoms with Crippen molar-refractivity contribution in [2.75, 3.05) is 38.3 Å². The third kappa shape index (κ3) is 37.8. The van der Waals surface area contributed by atoms with Crippen molar-refractivity contribution in [1.29, 1.82) is 0 Å². The molecule has 808 valence electrons. The van der Waals surface area contributed by atoms with Gasteiger partial charge in [0.1, 0.15) is 96.4 Å². The molecule has 1 aliphatic carbocycles. The van der Waals surface area contributed by atoms with Gasteiger partial charge in [0, 0.05) is 62.0 Å². The number of rotatable bonds is 33. The number of nitrogens with two attached hydrogens (primary N) is 2. The number of aliphatic hydroxyl groups excluding tert-OH is 1. The maximum Gasteiger partial charge on any atom is 0.341 e. The Bertz CT molecular complexity index is 5670. The van der Waals surface area contributed by atoms with Crippen molar-refractivity contribution in [1.82, 2.24) is 84.3 Å². The molecule has 149 heavy (non-hydrogen) atoms. The molecule has 1 aliphatic heterocycles. The van der Waals surface area contributed by atoms with Crippen LogP contribution in [0.25, 0.3) is 22.0 Å². The van der Waals surface area contributed by atoms with Gasteiger partial charge in [-0.15, -0.1) is 11.8 Å². The van der Waals surface area contributed by atoms with E-state index in [1.54, 1.807) is 90.1 Å². The first kappa shape index (κ1) is 119. The summed E-state index contributed by atoms with van der Waals surface area (Å²) >= 11 is 0.579. The maximum absolute atomic E-state index is 15.6. The lowest BCUT2D eigenvalue weighted by Crippen LogP contribution is -2.62. The molecule has 2 aliphatic rings. The molecule has 5 aromatic carbocycles. The number of nitrogens with one attached hydrogen (secondary N) is 15. The minimum Gasteiger partial charge on any atom is -0.482 e. The summed E-state index contributed by atoms with van der Waals surface area (Å²) in [5.74, 6) is -26.8. The fourth-order valence-corrected chi connectivity index (χ4v) is 18.0. The number of H-pyrrole nitrogens is 1. The van der Waals surface area contributed by atoms with Crippen LogP contribution < -0.4 is 90.6 Å². The smallest absolute Gasteiger partial charge is 0.341 e. The molecule has 0 spiro atoms. The third-order valence-corrected chi connectivity index (χ3v) is 26.9. The fourth-order valence-electron chi connectivity index (χ4n) is 17.1. The molecule has 1 saturated carbocycles. The number of aromatic carboxylic acids is 1. The van der Waals surface area contributed by atoms with Gasteiger partial charge in [-0.1, -0.05) is 191 Å². The Morgan fingerprint density at radius 2 is 0.940 bits per heavy atom. The van der Waals surface area contributed by atoms with Crippen LogP contribution in [0, 0.1) is 29.6 Å². The molecule has 2 fully saturated rings. The van der Waals surface area contributed by atoms with Crippen LogP contribution in [0.2, 0.25) is 0 Å². The lowest BCUT2D eigenvalue weighted by molar-refractivity contribution is -0.143. The number of para-hydroxylation sites is 1. The number of thioether (sulfide) groups is 1. The number of aliphatic hydroxyl groups is 1. The van der Waals surface area contributed by atoms with Crippen molar-refractivity contribution >= 4 is 141 Å². The Kier molecular flexibility index (Phi) is 46.9. The van der Waals surface area contributed by atoms with Gasteiger partial charge in [-0.2, -0.15) is 0 Å².